The number of carbonyl (C=O) groups is 2. The third kappa shape index (κ3) is 8.92. The van der Waals surface area contributed by atoms with Crippen LogP contribution in [0.5, 0.6) is 5.75 Å². The maximum Gasteiger partial charge on any atom is 0.475 e. The summed E-state index contributed by atoms with van der Waals surface area (Å²) in [6, 6.07) is 17.8. The number of carbonyl (C=O) groups excluding carboxylic acids is 2. The molecule has 0 radical (unpaired) electrons. The number of thiophene rings is 1. The zero-order valence-corrected chi connectivity index (χ0v) is 21.3. The second-order valence-electron chi connectivity index (χ2n) is 7.87. The minimum atomic E-state index is -1.14. The third-order valence-electron chi connectivity index (χ3n) is 5.13. The van der Waals surface area contributed by atoms with Gasteiger partial charge in [0.05, 0.1) is 6.61 Å². The highest BCUT2D eigenvalue weighted by atomic mass is 32.1. The van der Waals surface area contributed by atoms with Crippen molar-refractivity contribution in [2.45, 2.75) is 25.7 Å². The summed E-state index contributed by atoms with van der Waals surface area (Å²) in [6.45, 7) is 0.916. The van der Waals surface area contributed by atoms with Crippen LogP contribution >= 0.6 is 11.3 Å². The van der Waals surface area contributed by atoms with Crippen LogP contribution in [0, 0.1) is 4.91 Å². The molecule has 2 aromatic carbocycles. The normalized spacial score (nSPS) is 12.4. The number of hydrogen-bond donors (Lipinski definition) is 1. The molecule has 37 heavy (non-hydrogen) atoms. The first kappa shape index (κ1) is 27.7. The van der Waals surface area contributed by atoms with E-state index in [0.29, 0.717) is 13.0 Å². The summed E-state index contributed by atoms with van der Waals surface area (Å²) in [6.07, 6.45) is -1.58. The highest BCUT2D eigenvalue weighted by Gasteiger charge is 2.21. The number of fused-ring (bicyclic) bond motifs is 1. The molecule has 1 aromatic heterocycles. The molecule has 0 aliphatic heterocycles. The zero-order valence-electron chi connectivity index (χ0n) is 20.5. The molecule has 3 aromatic rings. The average Bonchev–Trinajstić information content (AvgIpc) is 3.40. The maximum absolute atomic E-state index is 12.5. The highest BCUT2D eigenvalue weighted by molar-refractivity contribution is 7.10. The van der Waals surface area contributed by atoms with Gasteiger partial charge in [-0.15, -0.1) is 11.3 Å². The fourth-order valence-corrected chi connectivity index (χ4v) is 4.18. The number of ether oxygens (including phenoxy) is 4. The number of nitrogens with zero attached hydrogens (tertiary/aromatic N) is 2. The predicted octanol–water partition coefficient (Wildman–Crippen LogP) is 4.49. The highest BCUT2D eigenvalue weighted by Crippen LogP contribution is 2.33. The fourth-order valence-electron chi connectivity index (χ4n) is 3.39. The molecule has 2 unspecified atom stereocenters. The molecule has 1 heterocycles. The molecular formula is C25H29N2O9S+. The van der Waals surface area contributed by atoms with E-state index in [1.807, 2.05) is 60.0 Å². The summed E-state index contributed by atoms with van der Waals surface area (Å²) in [7, 11) is 1.59. The Balaban J connectivity index is 1.49. The summed E-state index contributed by atoms with van der Waals surface area (Å²) in [5.41, 5.74) is 0. The topological polar surface area (TPSA) is 124 Å². The van der Waals surface area contributed by atoms with Crippen LogP contribution in [-0.4, -0.2) is 67.0 Å². The molecule has 0 saturated heterocycles. The van der Waals surface area contributed by atoms with Crippen molar-refractivity contribution in [3.63, 3.8) is 0 Å². The SMILES string of the molecule is CC(OC(=O)COCCO[N+](=O)O)OC(=O)N(C)CCC(Oc1cccc2ccccc12)c1cccs1. The van der Waals surface area contributed by atoms with Crippen LogP contribution in [0.4, 0.5) is 4.79 Å². The van der Waals surface area contributed by atoms with Gasteiger partial charge in [0.15, 0.2) is 6.61 Å². The standard InChI is InChI=1S/C25H29N2O9S/c1-18(34-24(28)17-32-14-15-33-27(30)31)35-25(29)26(2)13-12-22(23-11-6-16-37-23)36-21-10-5-8-19-7-3-4-9-20(19)21/h3-11,16,18,22H,12-15,17H2,1-2H3,(H,30,31)/q+1. The van der Waals surface area contributed by atoms with Crippen molar-refractivity contribution < 1.29 is 43.7 Å². The predicted molar refractivity (Wildman–Crippen MR) is 133 cm³/mol. The van der Waals surface area contributed by atoms with Gasteiger partial charge in [0, 0.05) is 37.2 Å². The van der Waals surface area contributed by atoms with Crippen molar-refractivity contribution in [3.05, 3.63) is 69.8 Å². The Morgan fingerprint density at radius 3 is 2.59 bits per heavy atom. The first-order valence-electron chi connectivity index (χ1n) is 11.5. The molecule has 0 fully saturated rings. The van der Waals surface area contributed by atoms with Crippen molar-refractivity contribution in [2.75, 3.05) is 33.4 Å². The van der Waals surface area contributed by atoms with Crippen LogP contribution in [0.2, 0.25) is 0 Å². The number of amides is 1. The summed E-state index contributed by atoms with van der Waals surface area (Å²) >= 11 is 1.58. The first-order valence-corrected chi connectivity index (χ1v) is 12.4. The van der Waals surface area contributed by atoms with Gasteiger partial charge in [0.2, 0.25) is 6.29 Å². The van der Waals surface area contributed by atoms with E-state index in [1.54, 1.807) is 18.4 Å². The van der Waals surface area contributed by atoms with Crippen LogP contribution < -0.4 is 4.74 Å². The van der Waals surface area contributed by atoms with Crippen LogP contribution in [0.25, 0.3) is 10.8 Å². The average molecular weight is 534 g/mol. The van der Waals surface area contributed by atoms with Gasteiger partial charge in [-0.05, 0) is 22.9 Å². The van der Waals surface area contributed by atoms with Crippen LogP contribution in [0.3, 0.4) is 0 Å². The van der Waals surface area contributed by atoms with Gasteiger partial charge >= 0.3 is 17.1 Å². The van der Waals surface area contributed by atoms with E-state index in [-0.39, 0.29) is 19.3 Å². The van der Waals surface area contributed by atoms with Gasteiger partial charge in [-0.1, -0.05) is 42.5 Å². The van der Waals surface area contributed by atoms with Gasteiger partial charge in [0.25, 0.3) is 0 Å². The molecule has 1 N–H and O–H groups in total. The lowest BCUT2D eigenvalue weighted by atomic mass is 10.1. The Labute approximate surface area is 217 Å². The Morgan fingerprint density at radius 2 is 1.84 bits per heavy atom. The smallest absolute Gasteiger partial charge is 0.475 e. The molecule has 0 saturated carbocycles. The quantitative estimate of drug-likeness (QED) is 0.138. The Bertz CT molecular complexity index is 1170. The van der Waals surface area contributed by atoms with Crippen molar-refractivity contribution >= 4 is 34.2 Å². The van der Waals surface area contributed by atoms with Crippen molar-refractivity contribution in [1.29, 1.82) is 0 Å². The Hall–Kier alpha value is -3.90. The van der Waals surface area contributed by atoms with Gasteiger partial charge in [-0.25, -0.2) is 14.8 Å². The van der Waals surface area contributed by atoms with Crippen LogP contribution in [0.15, 0.2) is 60.0 Å². The van der Waals surface area contributed by atoms with Crippen LogP contribution in [0.1, 0.15) is 24.3 Å². The molecule has 11 nitrogen and oxygen atoms in total. The van der Waals surface area contributed by atoms with E-state index in [2.05, 4.69) is 4.84 Å². The maximum atomic E-state index is 12.5. The molecular weight excluding hydrogens is 504 g/mol. The van der Waals surface area contributed by atoms with Crippen molar-refractivity contribution in [1.82, 2.24) is 4.90 Å². The second kappa shape index (κ2) is 14.0. The molecule has 198 valence electrons. The van der Waals surface area contributed by atoms with Gasteiger partial charge in [-0.3, -0.25) is 0 Å². The molecule has 0 aliphatic carbocycles. The van der Waals surface area contributed by atoms with Crippen LogP contribution in [-0.2, 0) is 23.8 Å². The second-order valence-corrected chi connectivity index (χ2v) is 8.85. The van der Waals surface area contributed by atoms with Gasteiger partial charge < -0.3 is 23.8 Å². The molecule has 0 bridgehead atoms. The monoisotopic (exact) mass is 533 g/mol. The van der Waals surface area contributed by atoms with E-state index in [4.69, 9.17) is 24.2 Å². The number of esters is 1. The molecule has 2 atom stereocenters. The zero-order chi connectivity index (χ0) is 26.6. The van der Waals surface area contributed by atoms with Crippen molar-refractivity contribution in [2.24, 2.45) is 0 Å². The molecule has 0 spiro atoms. The minimum Gasteiger partial charge on any atom is -0.484 e. The lowest BCUT2D eigenvalue weighted by Gasteiger charge is -2.24. The van der Waals surface area contributed by atoms with E-state index < -0.39 is 30.0 Å². The van der Waals surface area contributed by atoms with Gasteiger partial charge in [0.1, 0.15) is 23.4 Å². The van der Waals surface area contributed by atoms with Gasteiger partial charge in [-0.2, -0.15) is 4.84 Å². The van der Waals surface area contributed by atoms with E-state index in [1.165, 1.54) is 11.8 Å². The first-order chi connectivity index (χ1) is 17.8. The fraction of sp³-hybridized carbons (Fsp3) is 0.360. The third-order valence-corrected chi connectivity index (χ3v) is 6.10. The molecule has 3 rings (SSSR count). The van der Waals surface area contributed by atoms with Crippen molar-refractivity contribution in [3.8, 4) is 5.75 Å². The summed E-state index contributed by atoms with van der Waals surface area (Å²) in [4.78, 5) is 41.0. The lowest BCUT2D eigenvalue weighted by Crippen LogP contribution is -2.34. The number of rotatable bonds is 14. The number of benzene rings is 2. The Morgan fingerprint density at radius 1 is 1.05 bits per heavy atom. The minimum absolute atomic E-state index is 0.127. The molecule has 12 heteroatoms. The van der Waals surface area contributed by atoms with E-state index in [0.717, 1.165) is 21.4 Å². The van der Waals surface area contributed by atoms with E-state index >= 15 is 0 Å². The largest absolute Gasteiger partial charge is 0.484 e. The molecule has 1 amide bonds. The summed E-state index contributed by atoms with van der Waals surface area (Å²) in [5, 5.41) is 11.6. The molecule has 0 aliphatic rings. The number of hydrogen-bond acceptors (Lipinski definition) is 9. The summed E-state index contributed by atoms with van der Waals surface area (Å²) < 4.78 is 21.5. The van der Waals surface area contributed by atoms with E-state index in [9.17, 15) is 14.5 Å². The summed E-state index contributed by atoms with van der Waals surface area (Å²) in [5.74, 6) is -0.00932. The Kier molecular flexibility index (Phi) is 10.5. The lowest BCUT2D eigenvalue weighted by molar-refractivity contribution is -0.975.